The lowest BCUT2D eigenvalue weighted by atomic mass is 10.2. The van der Waals surface area contributed by atoms with E-state index in [-0.39, 0.29) is 6.15 Å². The molecule has 0 saturated carbocycles. The molecule has 4 aromatic rings. The number of hydrogen-bond donors (Lipinski definition) is 0. The maximum Gasteiger partial charge on any atom is 0.373 e. The fraction of sp³-hybridized carbons (Fsp3) is 0.136. The number of thiazole rings is 1. The average Bonchev–Trinajstić information content (AvgIpc) is 3.13. The third kappa shape index (κ3) is 6.05. The molecule has 0 amide bonds. The van der Waals surface area contributed by atoms with Gasteiger partial charge in [-0.25, -0.2) is 4.98 Å². The van der Waals surface area contributed by atoms with Gasteiger partial charge in [0.1, 0.15) is 5.75 Å². The summed E-state index contributed by atoms with van der Waals surface area (Å²) in [4.78, 5) is 27.2. The minimum Gasteiger partial charge on any atom is -0.431 e. The second-order valence-electron chi connectivity index (χ2n) is 6.29. The molecular formula is C22H19N3O3S. The van der Waals surface area contributed by atoms with Crippen molar-refractivity contribution in [3.63, 3.8) is 0 Å². The maximum atomic E-state index is 8.12. The molecule has 0 saturated heterocycles. The van der Waals surface area contributed by atoms with Crippen LogP contribution in [0.1, 0.15) is 11.1 Å². The zero-order valence-corrected chi connectivity index (χ0v) is 16.6. The van der Waals surface area contributed by atoms with E-state index in [2.05, 4.69) is 58.3 Å². The van der Waals surface area contributed by atoms with Gasteiger partial charge in [-0.05, 0) is 42.4 Å². The van der Waals surface area contributed by atoms with Crippen molar-refractivity contribution in [1.29, 1.82) is 0 Å². The Labute approximate surface area is 172 Å². The normalized spacial score (nSPS) is 10.3. The fourth-order valence-corrected chi connectivity index (χ4v) is 3.61. The van der Waals surface area contributed by atoms with Gasteiger partial charge in [-0.2, -0.15) is 14.6 Å². The zero-order chi connectivity index (χ0) is 20.5. The lowest BCUT2D eigenvalue weighted by Crippen LogP contribution is -2.17. The topological polar surface area (TPSA) is 72.4 Å². The summed E-state index contributed by atoms with van der Waals surface area (Å²) in [6, 6.07) is 22.6. The van der Waals surface area contributed by atoms with Gasteiger partial charge in [-0.1, -0.05) is 53.8 Å². The van der Waals surface area contributed by atoms with Crippen molar-refractivity contribution in [2.45, 2.75) is 13.1 Å². The molecule has 0 aliphatic rings. The molecule has 2 aromatic carbocycles. The van der Waals surface area contributed by atoms with E-state index >= 15 is 0 Å². The predicted octanol–water partition coefficient (Wildman–Crippen LogP) is 4.53. The number of hydrogen-bond acceptors (Lipinski definition) is 7. The Kier molecular flexibility index (Phi) is 7.19. The number of benzene rings is 2. The van der Waals surface area contributed by atoms with Crippen molar-refractivity contribution in [2.24, 2.45) is 0 Å². The van der Waals surface area contributed by atoms with Crippen LogP contribution in [0.5, 0.6) is 10.9 Å². The van der Waals surface area contributed by atoms with Crippen LogP contribution in [-0.2, 0) is 22.7 Å². The van der Waals surface area contributed by atoms with E-state index in [1.165, 1.54) is 22.5 Å². The summed E-state index contributed by atoms with van der Waals surface area (Å²) in [7, 11) is 2.13. The van der Waals surface area contributed by atoms with E-state index in [1.54, 1.807) is 6.20 Å². The minimum atomic E-state index is 0.250. The molecule has 2 aromatic heterocycles. The first-order valence-electron chi connectivity index (χ1n) is 8.88. The fourth-order valence-electron chi connectivity index (χ4n) is 2.82. The number of aromatic nitrogens is 2. The summed E-state index contributed by atoms with van der Waals surface area (Å²) < 4.78 is 6.90. The predicted molar refractivity (Wildman–Crippen MR) is 111 cm³/mol. The van der Waals surface area contributed by atoms with Gasteiger partial charge in [0.25, 0.3) is 5.19 Å². The quantitative estimate of drug-likeness (QED) is 0.469. The summed E-state index contributed by atoms with van der Waals surface area (Å²) >= 11 is 1.50. The van der Waals surface area contributed by atoms with E-state index < -0.39 is 0 Å². The number of nitrogens with zero attached hydrogens (tertiary/aromatic N) is 3. The van der Waals surface area contributed by atoms with Crippen LogP contribution in [0.3, 0.4) is 0 Å². The third-order valence-corrected chi connectivity index (χ3v) is 4.91. The Morgan fingerprint density at radius 2 is 1.59 bits per heavy atom. The molecule has 4 rings (SSSR count). The van der Waals surface area contributed by atoms with Gasteiger partial charge in [-0.15, -0.1) is 0 Å². The van der Waals surface area contributed by atoms with Crippen LogP contribution >= 0.6 is 11.3 Å². The molecular weight excluding hydrogens is 386 g/mol. The van der Waals surface area contributed by atoms with Crippen molar-refractivity contribution in [3.8, 4) is 10.9 Å². The van der Waals surface area contributed by atoms with Crippen molar-refractivity contribution < 1.29 is 14.3 Å². The van der Waals surface area contributed by atoms with Gasteiger partial charge >= 0.3 is 6.15 Å². The van der Waals surface area contributed by atoms with Crippen LogP contribution in [0.4, 0.5) is 0 Å². The second-order valence-corrected chi connectivity index (χ2v) is 7.29. The summed E-state index contributed by atoms with van der Waals surface area (Å²) in [6.07, 6.45) is 1.99. The Morgan fingerprint density at radius 1 is 0.931 bits per heavy atom. The summed E-state index contributed by atoms with van der Waals surface area (Å²) in [5, 5.41) is 0.618. The molecule has 0 fully saturated rings. The molecule has 6 nitrogen and oxygen atoms in total. The number of pyridine rings is 1. The van der Waals surface area contributed by atoms with Crippen LogP contribution < -0.4 is 4.74 Å². The van der Waals surface area contributed by atoms with E-state index in [1.807, 2.05) is 30.3 Å². The highest BCUT2D eigenvalue weighted by atomic mass is 32.1. The number of ether oxygens (including phenoxy) is 1. The number of fused-ring (bicyclic) bond motifs is 1. The standard InChI is InChI=1S/C21H19N3OS.CO2/c1-24(14-16-6-3-2-4-7-16)15-17-9-11-18(12-10-17)25-21-23-20-19(26-21)8-5-13-22-20;2-1-3/h2-13H,14-15H2,1H3;. The molecule has 2 heterocycles. The smallest absolute Gasteiger partial charge is 0.373 e. The van der Waals surface area contributed by atoms with E-state index in [0.717, 1.165) is 29.2 Å². The van der Waals surface area contributed by atoms with E-state index in [0.29, 0.717) is 5.19 Å². The molecule has 146 valence electrons. The van der Waals surface area contributed by atoms with Crippen molar-refractivity contribution in [3.05, 3.63) is 84.1 Å². The van der Waals surface area contributed by atoms with Gasteiger partial charge in [0.05, 0.1) is 4.70 Å². The molecule has 0 aliphatic carbocycles. The highest BCUT2D eigenvalue weighted by Gasteiger charge is 2.07. The van der Waals surface area contributed by atoms with Crippen LogP contribution in [-0.4, -0.2) is 28.1 Å². The summed E-state index contributed by atoms with van der Waals surface area (Å²) in [5.41, 5.74) is 3.30. The lowest BCUT2D eigenvalue weighted by molar-refractivity contribution is -0.191. The van der Waals surface area contributed by atoms with Crippen LogP contribution in [0.25, 0.3) is 10.3 Å². The molecule has 29 heavy (non-hydrogen) atoms. The first-order chi connectivity index (χ1) is 14.2. The first-order valence-corrected chi connectivity index (χ1v) is 9.69. The van der Waals surface area contributed by atoms with Gasteiger partial charge in [0.15, 0.2) is 5.65 Å². The molecule has 0 atom stereocenters. The monoisotopic (exact) mass is 405 g/mol. The highest BCUT2D eigenvalue weighted by molar-refractivity contribution is 7.20. The molecule has 0 N–H and O–H groups in total. The van der Waals surface area contributed by atoms with Gasteiger partial charge in [0, 0.05) is 19.3 Å². The van der Waals surface area contributed by atoms with Crippen LogP contribution in [0, 0.1) is 0 Å². The minimum absolute atomic E-state index is 0.250. The molecule has 0 bridgehead atoms. The maximum absolute atomic E-state index is 8.12. The Bertz CT molecular complexity index is 1040. The number of carbonyl (C=O) groups excluding carboxylic acids is 2. The van der Waals surface area contributed by atoms with Gasteiger partial charge in [-0.3, -0.25) is 4.90 Å². The van der Waals surface area contributed by atoms with Crippen molar-refractivity contribution in [1.82, 2.24) is 14.9 Å². The molecule has 0 spiro atoms. The lowest BCUT2D eigenvalue weighted by Gasteiger charge is -2.17. The molecule has 7 heteroatoms. The second kappa shape index (κ2) is 10.2. The zero-order valence-electron chi connectivity index (χ0n) is 15.8. The highest BCUT2D eigenvalue weighted by Crippen LogP contribution is 2.30. The Balaban J connectivity index is 0.000000755. The van der Waals surface area contributed by atoms with E-state index in [9.17, 15) is 0 Å². The molecule has 0 radical (unpaired) electrons. The third-order valence-electron chi connectivity index (χ3n) is 4.02. The van der Waals surface area contributed by atoms with E-state index in [4.69, 9.17) is 14.3 Å². The van der Waals surface area contributed by atoms with Gasteiger partial charge < -0.3 is 4.74 Å². The summed E-state index contributed by atoms with van der Waals surface area (Å²) in [5.74, 6) is 0.790. The molecule has 0 unspecified atom stereocenters. The Hall–Kier alpha value is -3.38. The number of rotatable bonds is 6. The largest absolute Gasteiger partial charge is 0.431 e. The van der Waals surface area contributed by atoms with Crippen molar-refractivity contribution >= 4 is 27.8 Å². The Morgan fingerprint density at radius 3 is 2.24 bits per heavy atom. The SMILES string of the molecule is CN(Cc1ccccc1)Cc1ccc(Oc2nc3ncccc3s2)cc1.O=C=O. The van der Waals surface area contributed by atoms with Crippen molar-refractivity contribution in [2.75, 3.05) is 7.05 Å². The molecule has 0 aliphatic heterocycles. The summed E-state index contributed by atoms with van der Waals surface area (Å²) in [6.45, 7) is 1.82. The van der Waals surface area contributed by atoms with Gasteiger partial charge in [0.2, 0.25) is 0 Å². The first kappa shape index (κ1) is 20.4. The van der Waals surface area contributed by atoms with Crippen LogP contribution in [0.15, 0.2) is 72.9 Å². The average molecular weight is 405 g/mol. The van der Waals surface area contributed by atoms with Crippen LogP contribution in [0.2, 0.25) is 0 Å².